The number of cyclic esters (lactones) is 1. The number of nitrogens with zero attached hydrogens (tertiary/aromatic N) is 1. The van der Waals surface area contributed by atoms with Crippen molar-refractivity contribution >= 4 is 17.8 Å². The smallest absolute Gasteiger partial charge is 0.328 e. The van der Waals surface area contributed by atoms with Crippen LogP contribution in [0.5, 0.6) is 11.5 Å². The molecule has 1 aliphatic rings. The number of hydrogen-bond donors (Lipinski definition) is 1. The third-order valence-corrected chi connectivity index (χ3v) is 5.60. The standard InChI is InChI=1S/C24H36N2O7/c1-15(2)9-10-18-7-6-8-19(24(29)33-16(3)13-18)26-23(28)21-22(32-14-31-17(4)27)20(30-5)11-12-25-21/h11-12,15-16,18-19H,6-10,13-14H2,1-5H3,(H,26,28)/t16-,18+,19-/m0/s1. The average Bonchev–Trinajstić information content (AvgIpc) is 2.81. The molecule has 0 aromatic carbocycles. The Morgan fingerprint density at radius 2 is 2.06 bits per heavy atom. The van der Waals surface area contributed by atoms with Crippen LogP contribution < -0.4 is 14.8 Å². The van der Waals surface area contributed by atoms with Gasteiger partial charge in [0.2, 0.25) is 6.79 Å². The van der Waals surface area contributed by atoms with E-state index in [2.05, 4.69) is 24.1 Å². The van der Waals surface area contributed by atoms with E-state index in [1.807, 2.05) is 6.92 Å². The lowest BCUT2D eigenvalue weighted by Crippen LogP contribution is -2.43. The molecule has 3 atom stereocenters. The van der Waals surface area contributed by atoms with E-state index in [-0.39, 0.29) is 23.3 Å². The SMILES string of the molecule is COc1ccnc(C(=O)N[C@H]2CCC[C@H](CCC(C)C)C[C@H](C)OC2=O)c1OCOC(C)=O. The zero-order valence-corrected chi connectivity index (χ0v) is 20.2. The van der Waals surface area contributed by atoms with Crippen molar-refractivity contribution in [2.24, 2.45) is 11.8 Å². The van der Waals surface area contributed by atoms with Crippen LogP contribution in [-0.4, -0.2) is 48.9 Å². The first-order valence-corrected chi connectivity index (χ1v) is 11.5. The number of carbonyl (C=O) groups is 3. The van der Waals surface area contributed by atoms with Crippen LogP contribution in [0.15, 0.2) is 12.3 Å². The van der Waals surface area contributed by atoms with Crippen molar-refractivity contribution in [3.05, 3.63) is 18.0 Å². The van der Waals surface area contributed by atoms with Crippen LogP contribution in [0.25, 0.3) is 0 Å². The van der Waals surface area contributed by atoms with Crippen molar-refractivity contribution in [1.29, 1.82) is 0 Å². The van der Waals surface area contributed by atoms with E-state index < -0.39 is 30.7 Å². The van der Waals surface area contributed by atoms with Crippen LogP contribution in [0.3, 0.4) is 0 Å². The van der Waals surface area contributed by atoms with E-state index >= 15 is 0 Å². The molecule has 0 saturated carbocycles. The molecule has 1 aromatic rings. The zero-order chi connectivity index (χ0) is 24.4. The predicted molar refractivity (Wildman–Crippen MR) is 121 cm³/mol. The van der Waals surface area contributed by atoms with Gasteiger partial charge in [-0.1, -0.05) is 39.5 Å². The predicted octanol–water partition coefficient (Wildman–Crippen LogP) is 3.65. The van der Waals surface area contributed by atoms with Crippen LogP contribution in [-0.2, 0) is 19.1 Å². The monoisotopic (exact) mass is 464 g/mol. The summed E-state index contributed by atoms with van der Waals surface area (Å²) in [5.41, 5.74) is -0.0722. The Labute approximate surface area is 195 Å². The fourth-order valence-corrected chi connectivity index (χ4v) is 3.90. The van der Waals surface area contributed by atoms with E-state index in [4.69, 9.17) is 18.9 Å². The minimum Gasteiger partial charge on any atom is -0.493 e. The lowest BCUT2D eigenvalue weighted by atomic mass is 9.89. The molecule has 184 valence electrons. The fourth-order valence-electron chi connectivity index (χ4n) is 3.90. The summed E-state index contributed by atoms with van der Waals surface area (Å²) in [5, 5.41) is 2.74. The molecule has 0 aliphatic carbocycles. The molecule has 1 aliphatic heterocycles. The highest BCUT2D eigenvalue weighted by atomic mass is 16.7. The Morgan fingerprint density at radius 1 is 1.30 bits per heavy atom. The van der Waals surface area contributed by atoms with E-state index in [9.17, 15) is 14.4 Å². The molecule has 33 heavy (non-hydrogen) atoms. The minimum atomic E-state index is -0.793. The normalized spacial score (nSPS) is 21.3. The summed E-state index contributed by atoms with van der Waals surface area (Å²) in [5.74, 6) is -0.181. The molecule has 0 bridgehead atoms. The molecular formula is C24H36N2O7. The highest BCUT2D eigenvalue weighted by molar-refractivity contribution is 5.98. The van der Waals surface area contributed by atoms with Crippen molar-refractivity contribution in [3.8, 4) is 11.5 Å². The van der Waals surface area contributed by atoms with Crippen LogP contribution in [0.1, 0.15) is 76.7 Å². The molecule has 0 unspecified atom stereocenters. The Kier molecular flexibility index (Phi) is 10.4. The summed E-state index contributed by atoms with van der Waals surface area (Å²) in [6.45, 7) is 7.16. The Morgan fingerprint density at radius 3 is 2.73 bits per heavy atom. The van der Waals surface area contributed by atoms with Crippen molar-refractivity contribution < 1.29 is 33.3 Å². The number of aromatic nitrogens is 1. The highest BCUT2D eigenvalue weighted by Crippen LogP contribution is 2.30. The van der Waals surface area contributed by atoms with E-state index in [0.717, 1.165) is 32.1 Å². The number of pyridine rings is 1. The average molecular weight is 465 g/mol. The molecule has 1 amide bonds. The highest BCUT2D eigenvalue weighted by Gasteiger charge is 2.29. The van der Waals surface area contributed by atoms with Crippen LogP contribution >= 0.6 is 0 Å². The van der Waals surface area contributed by atoms with Gasteiger partial charge in [-0.25, -0.2) is 9.78 Å². The number of nitrogens with one attached hydrogen (secondary N) is 1. The molecule has 0 radical (unpaired) electrons. The van der Waals surface area contributed by atoms with Crippen molar-refractivity contribution in [2.75, 3.05) is 13.9 Å². The first-order valence-electron chi connectivity index (χ1n) is 11.5. The Balaban J connectivity index is 2.11. The first-order chi connectivity index (χ1) is 15.7. The molecule has 9 nitrogen and oxygen atoms in total. The first kappa shape index (κ1) is 26.4. The van der Waals surface area contributed by atoms with Crippen molar-refractivity contribution in [1.82, 2.24) is 10.3 Å². The van der Waals surface area contributed by atoms with Gasteiger partial charge in [0.1, 0.15) is 6.04 Å². The third-order valence-electron chi connectivity index (χ3n) is 5.60. The minimum absolute atomic E-state index is 0.0253. The number of rotatable bonds is 9. The second-order valence-electron chi connectivity index (χ2n) is 8.87. The number of amides is 1. The van der Waals surface area contributed by atoms with Gasteiger partial charge in [-0.3, -0.25) is 9.59 Å². The maximum Gasteiger partial charge on any atom is 0.328 e. The lowest BCUT2D eigenvalue weighted by molar-refractivity contribution is -0.151. The molecule has 2 rings (SSSR count). The van der Waals surface area contributed by atoms with Gasteiger partial charge < -0.3 is 24.3 Å². The quantitative estimate of drug-likeness (QED) is 0.435. The van der Waals surface area contributed by atoms with Crippen LogP contribution in [0.4, 0.5) is 0 Å². The fraction of sp³-hybridized carbons (Fsp3) is 0.667. The number of hydrogen-bond acceptors (Lipinski definition) is 8. The summed E-state index contributed by atoms with van der Waals surface area (Å²) in [7, 11) is 1.42. The van der Waals surface area contributed by atoms with Gasteiger partial charge in [0, 0.05) is 19.2 Å². The van der Waals surface area contributed by atoms with Crippen LogP contribution in [0, 0.1) is 11.8 Å². The van der Waals surface area contributed by atoms with Gasteiger partial charge in [-0.2, -0.15) is 0 Å². The third kappa shape index (κ3) is 8.55. The Hall–Kier alpha value is -2.84. The molecule has 2 heterocycles. The van der Waals surface area contributed by atoms with Gasteiger partial charge in [-0.15, -0.1) is 0 Å². The van der Waals surface area contributed by atoms with Gasteiger partial charge in [0.15, 0.2) is 17.2 Å². The second-order valence-corrected chi connectivity index (χ2v) is 8.87. The summed E-state index contributed by atoms with van der Waals surface area (Å²) >= 11 is 0. The van der Waals surface area contributed by atoms with Gasteiger partial charge in [0.25, 0.3) is 5.91 Å². The molecule has 9 heteroatoms. The molecular weight excluding hydrogens is 428 g/mol. The summed E-state index contributed by atoms with van der Waals surface area (Å²) in [4.78, 5) is 40.9. The lowest BCUT2D eigenvalue weighted by Gasteiger charge is -2.21. The number of esters is 2. The zero-order valence-electron chi connectivity index (χ0n) is 20.2. The molecule has 1 aromatic heterocycles. The number of methoxy groups -OCH3 is 1. The molecule has 0 spiro atoms. The molecule has 1 N–H and O–H groups in total. The maximum atomic E-state index is 13.0. The number of ether oxygens (including phenoxy) is 4. The van der Waals surface area contributed by atoms with Gasteiger partial charge in [-0.05, 0) is 31.6 Å². The summed E-state index contributed by atoms with van der Waals surface area (Å²) < 4.78 is 21.1. The summed E-state index contributed by atoms with van der Waals surface area (Å²) in [6.07, 6.45) is 6.51. The number of carbonyl (C=O) groups excluding carboxylic acids is 3. The topological polar surface area (TPSA) is 113 Å². The molecule has 1 saturated heterocycles. The summed E-state index contributed by atoms with van der Waals surface area (Å²) in [6, 6.07) is 0.728. The van der Waals surface area contributed by atoms with Gasteiger partial charge >= 0.3 is 11.9 Å². The van der Waals surface area contributed by atoms with E-state index in [1.54, 1.807) is 0 Å². The van der Waals surface area contributed by atoms with Crippen molar-refractivity contribution in [3.63, 3.8) is 0 Å². The second kappa shape index (κ2) is 13.0. The largest absolute Gasteiger partial charge is 0.493 e. The Bertz CT molecular complexity index is 812. The van der Waals surface area contributed by atoms with E-state index in [1.165, 1.54) is 26.3 Å². The molecule has 1 fully saturated rings. The van der Waals surface area contributed by atoms with Gasteiger partial charge in [0.05, 0.1) is 13.2 Å². The van der Waals surface area contributed by atoms with Crippen LogP contribution in [0.2, 0.25) is 0 Å². The van der Waals surface area contributed by atoms with E-state index in [0.29, 0.717) is 18.3 Å². The van der Waals surface area contributed by atoms with Crippen molar-refractivity contribution in [2.45, 2.75) is 78.4 Å². The maximum absolute atomic E-state index is 13.0.